The molecule has 3 rings (SSSR count). The maximum atomic E-state index is 12.0. The summed E-state index contributed by atoms with van der Waals surface area (Å²) in [5, 5.41) is 3.39. The summed E-state index contributed by atoms with van der Waals surface area (Å²) >= 11 is 0. The molecule has 1 aliphatic rings. The molecule has 1 fully saturated rings. The summed E-state index contributed by atoms with van der Waals surface area (Å²) in [6, 6.07) is 19.1. The summed E-state index contributed by atoms with van der Waals surface area (Å²) in [6.07, 6.45) is 0.125. The third-order valence-corrected chi connectivity index (χ3v) is 4.16. The van der Waals surface area contributed by atoms with Gasteiger partial charge in [0.25, 0.3) is 0 Å². The van der Waals surface area contributed by atoms with E-state index in [4.69, 9.17) is 4.74 Å². The molecule has 4 nitrogen and oxygen atoms in total. The molecular formula is C19H19NO3. The van der Waals surface area contributed by atoms with Crippen molar-refractivity contribution in [3.8, 4) is 0 Å². The monoisotopic (exact) mass is 309 g/mol. The fraction of sp³-hybridized carbons (Fsp3) is 0.263. The number of cyclic esters (lactones) is 1. The molecule has 0 aliphatic carbocycles. The van der Waals surface area contributed by atoms with E-state index in [-0.39, 0.29) is 24.8 Å². The van der Waals surface area contributed by atoms with Crippen LogP contribution >= 0.6 is 0 Å². The Hall–Kier alpha value is -2.46. The Morgan fingerprint density at radius 1 is 1.09 bits per heavy atom. The van der Waals surface area contributed by atoms with Crippen LogP contribution in [0, 0.1) is 0 Å². The minimum absolute atomic E-state index is 0.0450. The third-order valence-electron chi connectivity index (χ3n) is 4.16. The van der Waals surface area contributed by atoms with E-state index in [0.717, 1.165) is 11.1 Å². The Bertz CT molecular complexity index is 658. The second-order valence-corrected chi connectivity index (χ2v) is 5.85. The topological polar surface area (TPSA) is 55.4 Å². The molecule has 4 heteroatoms. The minimum Gasteiger partial charge on any atom is -0.462 e. The maximum absolute atomic E-state index is 12.0. The molecule has 0 bridgehead atoms. The summed E-state index contributed by atoms with van der Waals surface area (Å²) in [5.41, 5.74) is 1.37. The van der Waals surface area contributed by atoms with Crippen LogP contribution in [0.1, 0.15) is 24.5 Å². The number of nitrogens with one attached hydrogen (secondary N) is 1. The number of hydrogen-bond donors (Lipinski definition) is 1. The van der Waals surface area contributed by atoms with Gasteiger partial charge < -0.3 is 4.74 Å². The maximum Gasteiger partial charge on any atom is 0.323 e. The lowest BCUT2D eigenvalue weighted by molar-refractivity contribution is -0.155. The van der Waals surface area contributed by atoms with Gasteiger partial charge in [0.15, 0.2) is 0 Å². The molecule has 0 unspecified atom stereocenters. The fourth-order valence-corrected chi connectivity index (χ4v) is 3.05. The lowest BCUT2D eigenvalue weighted by Crippen LogP contribution is -2.60. The molecule has 1 atom stereocenters. The molecule has 2 aromatic rings. The highest BCUT2D eigenvalue weighted by molar-refractivity contribution is 5.86. The highest BCUT2D eigenvalue weighted by Gasteiger charge is 2.44. The van der Waals surface area contributed by atoms with E-state index in [1.165, 1.54) is 6.92 Å². The Balaban J connectivity index is 2.06. The summed E-state index contributed by atoms with van der Waals surface area (Å²) in [6.45, 7) is 1.69. The van der Waals surface area contributed by atoms with Crippen LogP contribution in [0.5, 0.6) is 0 Å². The Kier molecular flexibility index (Phi) is 4.26. The number of hydrogen-bond acceptors (Lipinski definition) is 4. The number of Topliss-reactive ketones (excluding diaryl/α,β-unsaturated/α-hetero) is 1. The smallest absolute Gasteiger partial charge is 0.323 e. The number of esters is 1. The lowest BCUT2D eigenvalue weighted by atomic mass is 9.81. The molecule has 1 saturated heterocycles. The van der Waals surface area contributed by atoms with Crippen LogP contribution in [0.25, 0.3) is 0 Å². The van der Waals surface area contributed by atoms with Gasteiger partial charge in [-0.1, -0.05) is 60.7 Å². The number of carbonyl (C=O) groups is 2. The van der Waals surface area contributed by atoms with E-state index in [1.54, 1.807) is 0 Å². The summed E-state index contributed by atoms with van der Waals surface area (Å²) in [5.74, 6) is -0.418. The second-order valence-electron chi connectivity index (χ2n) is 5.85. The largest absolute Gasteiger partial charge is 0.462 e. The van der Waals surface area contributed by atoms with Crippen LogP contribution in [0.15, 0.2) is 60.7 Å². The Morgan fingerprint density at radius 2 is 1.61 bits per heavy atom. The number of benzene rings is 2. The van der Waals surface area contributed by atoms with Gasteiger partial charge in [-0.3, -0.25) is 14.9 Å². The zero-order valence-corrected chi connectivity index (χ0v) is 13.0. The number of ketones is 1. The molecule has 2 aromatic carbocycles. The number of carbonyl (C=O) groups excluding carboxylic acids is 2. The molecule has 1 aliphatic heterocycles. The molecule has 0 radical (unpaired) electrons. The van der Waals surface area contributed by atoms with E-state index >= 15 is 0 Å². The first kappa shape index (κ1) is 15.4. The van der Waals surface area contributed by atoms with E-state index in [9.17, 15) is 9.59 Å². The van der Waals surface area contributed by atoms with Gasteiger partial charge in [0, 0.05) is 6.42 Å². The Labute approximate surface area is 135 Å². The minimum atomic E-state index is -0.642. The predicted molar refractivity (Wildman–Crippen MR) is 86.8 cm³/mol. The average molecular weight is 309 g/mol. The molecule has 0 amide bonds. The quantitative estimate of drug-likeness (QED) is 0.881. The summed E-state index contributed by atoms with van der Waals surface area (Å²) in [7, 11) is 0. The zero-order valence-electron chi connectivity index (χ0n) is 13.0. The van der Waals surface area contributed by atoms with Gasteiger partial charge in [0.05, 0.1) is 0 Å². The van der Waals surface area contributed by atoms with Crippen molar-refractivity contribution in [3.63, 3.8) is 0 Å². The van der Waals surface area contributed by atoms with Gasteiger partial charge in [-0.2, -0.15) is 0 Å². The molecule has 0 spiro atoms. The van der Waals surface area contributed by atoms with Gasteiger partial charge in [0.2, 0.25) is 0 Å². The van der Waals surface area contributed by atoms with Crippen molar-refractivity contribution >= 4 is 11.8 Å². The van der Waals surface area contributed by atoms with Gasteiger partial charge in [0.1, 0.15) is 24.0 Å². The third kappa shape index (κ3) is 3.03. The summed E-state index contributed by atoms with van der Waals surface area (Å²) in [4.78, 5) is 23.5. The number of morpholine rings is 1. The second kappa shape index (κ2) is 6.34. The van der Waals surface area contributed by atoms with Crippen LogP contribution in [0.3, 0.4) is 0 Å². The zero-order chi connectivity index (χ0) is 16.3. The normalized spacial score (nSPS) is 19.9. The van der Waals surface area contributed by atoms with Crippen molar-refractivity contribution in [2.24, 2.45) is 0 Å². The molecular weight excluding hydrogens is 290 g/mol. The van der Waals surface area contributed by atoms with Crippen molar-refractivity contribution in [1.82, 2.24) is 5.32 Å². The standard InChI is InChI=1S/C19H19NO3/c1-14(21)12-17-18(22)23-13-19(20-17,15-8-4-2-5-9-15)16-10-6-3-7-11-16/h2-11,17,20H,12-13H2,1H3/t17-/m1/s1. The highest BCUT2D eigenvalue weighted by Crippen LogP contribution is 2.33. The first-order valence-electron chi connectivity index (χ1n) is 7.67. The number of ether oxygens (including phenoxy) is 1. The van der Waals surface area contributed by atoms with Crippen LogP contribution in [-0.4, -0.2) is 24.4 Å². The van der Waals surface area contributed by atoms with Crippen LogP contribution < -0.4 is 5.32 Å². The van der Waals surface area contributed by atoms with E-state index in [0.29, 0.717) is 0 Å². The van der Waals surface area contributed by atoms with Gasteiger partial charge in [-0.05, 0) is 18.1 Å². The van der Waals surface area contributed by atoms with Crippen molar-refractivity contribution in [2.45, 2.75) is 24.9 Å². The van der Waals surface area contributed by atoms with Gasteiger partial charge in [-0.25, -0.2) is 0 Å². The molecule has 118 valence electrons. The molecule has 0 saturated carbocycles. The first-order chi connectivity index (χ1) is 11.1. The molecule has 0 aromatic heterocycles. The lowest BCUT2D eigenvalue weighted by Gasteiger charge is -2.42. The van der Waals surface area contributed by atoms with E-state index in [1.807, 2.05) is 60.7 Å². The highest BCUT2D eigenvalue weighted by atomic mass is 16.5. The van der Waals surface area contributed by atoms with Gasteiger partial charge in [-0.15, -0.1) is 0 Å². The van der Waals surface area contributed by atoms with Crippen LogP contribution in [-0.2, 0) is 19.9 Å². The van der Waals surface area contributed by atoms with Crippen LogP contribution in [0.4, 0.5) is 0 Å². The molecule has 1 N–H and O–H groups in total. The SMILES string of the molecule is CC(=O)C[C@H]1NC(c2ccccc2)(c2ccccc2)COC1=O. The molecule has 1 heterocycles. The van der Waals surface area contributed by atoms with Crippen molar-refractivity contribution in [3.05, 3.63) is 71.8 Å². The van der Waals surface area contributed by atoms with E-state index < -0.39 is 11.6 Å². The predicted octanol–water partition coefficient (Wildman–Crippen LogP) is 2.42. The van der Waals surface area contributed by atoms with Crippen molar-refractivity contribution in [2.75, 3.05) is 6.61 Å². The Morgan fingerprint density at radius 3 is 2.09 bits per heavy atom. The van der Waals surface area contributed by atoms with E-state index in [2.05, 4.69) is 5.32 Å². The number of rotatable bonds is 4. The average Bonchev–Trinajstić information content (AvgIpc) is 2.58. The first-order valence-corrected chi connectivity index (χ1v) is 7.67. The van der Waals surface area contributed by atoms with Crippen molar-refractivity contribution < 1.29 is 14.3 Å². The summed E-state index contributed by atoms with van der Waals surface area (Å²) < 4.78 is 5.46. The van der Waals surface area contributed by atoms with Crippen LogP contribution in [0.2, 0.25) is 0 Å². The fourth-order valence-electron chi connectivity index (χ4n) is 3.05. The van der Waals surface area contributed by atoms with Crippen molar-refractivity contribution in [1.29, 1.82) is 0 Å². The van der Waals surface area contributed by atoms with Gasteiger partial charge >= 0.3 is 5.97 Å². The molecule has 23 heavy (non-hydrogen) atoms.